The van der Waals surface area contributed by atoms with E-state index in [0.29, 0.717) is 18.8 Å². The Morgan fingerprint density at radius 1 is 1.16 bits per heavy atom. The molecule has 0 radical (unpaired) electrons. The van der Waals surface area contributed by atoms with Gasteiger partial charge in [-0.15, -0.1) is 0 Å². The molecule has 2 amide bonds. The molecular formula is C20H23N3O7S. The molecule has 1 atom stereocenters. The van der Waals surface area contributed by atoms with E-state index in [-0.39, 0.29) is 22.3 Å². The summed E-state index contributed by atoms with van der Waals surface area (Å²) in [6, 6.07) is 7.56. The van der Waals surface area contributed by atoms with Gasteiger partial charge in [-0.1, -0.05) is 0 Å². The summed E-state index contributed by atoms with van der Waals surface area (Å²) in [7, 11) is -4.11. The van der Waals surface area contributed by atoms with Gasteiger partial charge in [-0.05, 0) is 61.7 Å². The summed E-state index contributed by atoms with van der Waals surface area (Å²) in [5.41, 5.74) is 0.354. The maximum atomic E-state index is 12.7. The number of carbonyl (C=O) groups excluding carboxylic acids is 1. The van der Waals surface area contributed by atoms with Gasteiger partial charge in [0, 0.05) is 24.5 Å². The van der Waals surface area contributed by atoms with E-state index in [0.717, 1.165) is 25.0 Å². The van der Waals surface area contributed by atoms with Crippen LogP contribution in [0.2, 0.25) is 0 Å². The monoisotopic (exact) mass is 449 g/mol. The molecule has 1 aliphatic rings. The molecule has 0 unspecified atom stereocenters. The number of hydrogen-bond donors (Lipinski definition) is 5. The van der Waals surface area contributed by atoms with Crippen LogP contribution >= 0.6 is 0 Å². The number of ether oxygens (including phenoxy) is 1. The van der Waals surface area contributed by atoms with Crippen molar-refractivity contribution in [2.75, 3.05) is 23.2 Å². The first kappa shape index (κ1) is 22.4. The molecule has 1 saturated heterocycles. The highest BCUT2D eigenvalue weighted by Gasteiger charge is 2.22. The molecule has 2 aromatic carbocycles. The maximum Gasteiger partial charge on any atom is 0.339 e. The van der Waals surface area contributed by atoms with Crippen LogP contribution in [-0.4, -0.2) is 49.9 Å². The Morgan fingerprint density at radius 3 is 2.45 bits per heavy atom. The van der Waals surface area contributed by atoms with Crippen LogP contribution in [0.3, 0.4) is 0 Å². The molecule has 166 valence electrons. The first-order valence-electron chi connectivity index (χ1n) is 9.52. The second kappa shape index (κ2) is 9.23. The normalized spacial score (nSPS) is 16.0. The number of carboxylic acids is 1. The number of sulfonamides is 1. The molecule has 11 heteroatoms. The van der Waals surface area contributed by atoms with Gasteiger partial charge in [0.05, 0.1) is 11.0 Å². The number of amides is 2. The van der Waals surface area contributed by atoms with Crippen LogP contribution in [0.25, 0.3) is 0 Å². The molecule has 1 fully saturated rings. The largest absolute Gasteiger partial charge is 0.507 e. The molecule has 0 spiro atoms. The number of phenols is 1. The number of carbonyl (C=O) groups is 2. The van der Waals surface area contributed by atoms with Crippen molar-refractivity contribution in [3.63, 3.8) is 0 Å². The third-order valence-electron chi connectivity index (χ3n) is 4.72. The maximum absolute atomic E-state index is 12.7. The Kier molecular flexibility index (Phi) is 6.66. The van der Waals surface area contributed by atoms with Gasteiger partial charge >= 0.3 is 12.0 Å². The van der Waals surface area contributed by atoms with Crippen LogP contribution in [-0.2, 0) is 14.8 Å². The fourth-order valence-electron chi connectivity index (χ4n) is 3.15. The Morgan fingerprint density at radius 2 is 1.84 bits per heavy atom. The summed E-state index contributed by atoms with van der Waals surface area (Å²) in [6.07, 6.45) is 1.91. The van der Waals surface area contributed by atoms with Crippen LogP contribution in [0, 0.1) is 6.92 Å². The Bertz CT molecular complexity index is 1080. The standard InChI is InChI=1S/C20H23N3O7S/c1-12-9-17(24)16(19(25)26)10-18(12)31(28,29)23-14-6-4-13(5-7-14)22-20(27)21-11-15-3-2-8-30-15/h4-7,9-10,15,23-24H,2-3,8,11H2,1H3,(H,25,26)(H2,21,22,27)/t15-/m0/s1. The van der Waals surface area contributed by atoms with Crippen molar-refractivity contribution >= 4 is 33.4 Å². The highest BCUT2D eigenvalue weighted by atomic mass is 32.2. The van der Waals surface area contributed by atoms with Crippen LogP contribution in [0.4, 0.5) is 16.2 Å². The number of aromatic carboxylic acids is 1. The first-order chi connectivity index (χ1) is 14.7. The Labute approximate surface area is 179 Å². The number of carboxylic acid groups (broad SMARTS) is 1. The van der Waals surface area contributed by atoms with Gasteiger partial charge in [-0.3, -0.25) is 4.72 Å². The number of benzene rings is 2. The van der Waals surface area contributed by atoms with Gasteiger partial charge in [0.2, 0.25) is 0 Å². The van der Waals surface area contributed by atoms with Gasteiger partial charge in [0.15, 0.2) is 0 Å². The van der Waals surface area contributed by atoms with Gasteiger partial charge in [-0.2, -0.15) is 0 Å². The van der Waals surface area contributed by atoms with Gasteiger partial charge in [-0.25, -0.2) is 18.0 Å². The van der Waals surface area contributed by atoms with E-state index in [1.807, 2.05) is 0 Å². The second-order valence-electron chi connectivity index (χ2n) is 7.09. The minimum atomic E-state index is -4.11. The van der Waals surface area contributed by atoms with Crippen LogP contribution in [0.1, 0.15) is 28.8 Å². The molecule has 0 saturated carbocycles. The highest BCUT2D eigenvalue weighted by Crippen LogP contribution is 2.27. The van der Waals surface area contributed by atoms with Gasteiger partial charge in [0.1, 0.15) is 11.3 Å². The second-order valence-corrected chi connectivity index (χ2v) is 8.74. The number of anilines is 2. The fourth-order valence-corrected chi connectivity index (χ4v) is 4.46. The summed E-state index contributed by atoms with van der Waals surface area (Å²) in [6.45, 7) is 2.56. The van der Waals surface area contributed by atoms with Crippen molar-refractivity contribution in [2.24, 2.45) is 0 Å². The van der Waals surface area contributed by atoms with Crippen molar-refractivity contribution < 1.29 is 33.0 Å². The Hall–Kier alpha value is -3.31. The van der Waals surface area contributed by atoms with Crippen molar-refractivity contribution in [3.05, 3.63) is 47.5 Å². The van der Waals surface area contributed by atoms with Crippen LogP contribution in [0.15, 0.2) is 41.3 Å². The zero-order valence-corrected chi connectivity index (χ0v) is 17.5. The van der Waals surface area contributed by atoms with Crippen molar-refractivity contribution in [1.82, 2.24) is 5.32 Å². The van der Waals surface area contributed by atoms with E-state index >= 15 is 0 Å². The zero-order chi connectivity index (χ0) is 22.6. The number of rotatable bonds is 7. The highest BCUT2D eigenvalue weighted by molar-refractivity contribution is 7.92. The summed E-state index contributed by atoms with van der Waals surface area (Å²) in [5.74, 6) is -1.96. The van der Waals surface area contributed by atoms with Crippen molar-refractivity contribution in [3.8, 4) is 5.75 Å². The average molecular weight is 449 g/mol. The number of aryl methyl sites for hydroxylation is 1. The SMILES string of the molecule is Cc1cc(O)c(C(=O)O)cc1S(=O)(=O)Nc1ccc(NC(=O)NC[C@@H]2CCCO2)cc1. The predicted octanol–water partition coefficient (Wildman–Crippen LogP) is 2.50. The molecule has 0 aliphatic carbocycles. The number of aromatic hydroxyl groups is 1. The molecule has 1 heterocycles. The van der Waals surface area contributed by atoms with Crippen LogP contribution in [0.5, 0.6) is 5.75 Å². The number of hydrogen-bond acceptors (Lipinski definition) is 6. The topological polar surface area (TPSA) is 154 Å². The molecule has 3 rings (SSSR count). The molecule has 31 heavy (non-hydrogen) atoms. The lowest BCUT2D eigenvalue weighted by Crippen LogP contribution is -2.35. The average Bonchev–Trinajstić information content (AvgIpc) is 3.21. The molecule has 5 N–H and O–H groups in total. The summed E-state index contributed by atoms with van der Waals surface area (Å²) in [4.78, 5) is 22.9. The molecule has 2 aromatic rings. The van der Waals surface area contributed by atoms with Crippen molar-refractivity contribution in [2.45, 2.75) is 30.8 Å². The lowest BCUT2D eigenvalue weighted by atomic mass is 10.1. The smallest absolute Gasteiger partial charge is 0.339 e. The fraction of sp³-hybridized carbons (Fsp3) is 0.300. The van der Waals surface area contributed by atoms with E-state index in [4.69, 9.17) is 9.84 Å². The molecule has 1 aliphatic heterocycles. The third-order valence-corrected chi connectivity index (χ3v) is 6.25. The van der Waals surface area contributed by atoms with E-state index < -0.39 is 33.3 Å². The van der Waals surface area contributed by atoms with E-state index in [2.05, 4.69) is 15.4 Å². The number of nitrogens with one attached hydrogen (secondary N) is 3. The lowest BCUT2D eigenvalue weighted by Gasteiger charge is -2.13. The molecule has 0 bridgehead atoms. The first-order valence-corrected chi connectivity index (χ1v) is 11.0. The lowest BCUT2D eigenvalue weighted by molar-refractivity contribution is 0.0693. The third kappa shape index (κ3) is 5.64. The predicted molar refractivity (Wildman–Crippen MR) is 113 cm³/mol. The van der Waals surface area contributed by atoms with Gasteiger partial charge < -0.3 is 25.6 Å². The van der Waals surface area contributed by atoms with Gasteiger partial charge in [0.25, 0.3) is 10.0 Å². The summed E-state index contributed by atoms with van der Waals surface area (Å²) < 4.78 is 33.2. The van der Waals surface area contributed by atoms with Crippen LogP contribution < -0.4 is 15.4 Å². The molecular weight excluding hydrogens is 426 g/mol. The van der Waals surface area contributed by atoms with E-state index in [1.165, 1.54) is 31.2 Å². The van der Waals surface area contributed by atoms with E-state index in [1.54, 1.807) is 0 Å². The Balaban J connectivity index is 1.65. The van der Waals surface area contributed by atoms with E-state index in [9.17, 15) is 23.1 Å². The minimum Gasteiger partial charge on any atom is -0.507 e. The van der Waals surface area contributed by atoms with Crippen molar-refractivity contribution in [1.29, 1.82) is 0 Å². The summed E-state index contributed by atoms with van der Waals surface area (Å²) >= 11 is 0. The molecule has 0 aromatic heterocycles. The number of urea groups is 1. The minimum absolute atomic E-state index is 0.0209. The summed E-state index contributed by atoms with van der Waals surface area (Å²) in [5, 5.41) is 24.2. The molecule has 10 nitrogen and oxygen atoms in total. The quantitative estimate of drug-likeness (QED) is 0.435. The zero-order valence-electron chi connectivity index (χ0n) is 16.7.